The summed E-state index contributed by atoms with van der Waals surface area (Å²) in [4.78, 5) is 24.1. The molecule has 1 fully saturated rings. The monoisotopic (exact) mass is 378 g/mol. The van der Waals surface area contributed by atoms with E-state index in [0.29, 0.717) is 10.9 Å². The molecule has 1 atom stereocenters. The van der Waals surface area contributed by atoms with E-state index in [4.69, 9.17) is 0 Å². The molecule has 7 heteroatoms. The van der Waals surface area contributed by atoms with Gasteiger partial charge in [-0.25, -0.2) is 0 Å². The molecule has 136 valence electrons. The first-order valence-electron chi connectivity index (χ1n) is 8.36. The highest BCUT2D eigenvalue weighted by atomic mass is 32.2. The first kappa shape index (κ1) is 18.6. The molecule has 2 aromatic carbocycles. The minimum atomic E-state index is -0.512. The SMILES string of the molecule is O=C(C[C@H]1S/C(=N/N=C\C=C\c2ccccc2)NC1=O)Nc1ccccc1. The zero-order valence-corrected chi connectivity index (χ0v) is 15.2. The van der Waals surface area contributed by atoms with Gasteiger partial charge in [0.05, 0.1) is 0 Å². The Morgan fingerprint density at radius 2 is 1.81 bits per heavy atom. The van der Waals surface area contributed by atoms with Crippen molar-refractivity contribution in [3.8, 4) is 0 Å². The fourth-order valence-corrected chi connectivity index (χ4v) is 3.25. The molecule has 2 N–H and O–H groups in total. The van der Waals surface area contributed by atoms with Crippen molar-refractivity contribution in [3.63, 3.8) is 0 Å². The van der Waals surface area contributed by atoms with Crippen molar-refractivity contribution in [2.24, 2.45) is 10.2 Å². The van der Waals surface area contributed by atoms with E-state index in [-0.39, 0.29) is 18.2 Å². The zero-order valence-electron chi connectivity index (χ0n) is 14.4. The minimum absolute atomic E-state index is 0.0715. The molecule has 1 aliphatic heterocycles. The van der Waals surface area contributed by atoms with Gasteiger partial charge in [0, 0.05) is 18.3 Å². The van der Waals surface area contributed by atoms with Crippen molar-refractivity contribution in [3.05, 3.63) is 72.3 Å². The van der Waals surface area contributed by atoms with Crippen LogP contribution in [0.2, 0.25) is 0 Å². The second kappa shape index (κ2) is 9.49. The number of benzene rings is 2. The number of nitrogens with zero attached hydrogens (tertiary/aromatic N) is 2. The van der Waals surface area contributed by atoms with Crippen LogP contribution in [0.25, 0.3) is 6.08 Å². The van der Waals surface area contributed by atoms with Crippen LogP contribution in [0.4, 0.5) is 5.69 Å². The van der Waals surface area contributed by atoms with E-state index in [9.17, 15) is 9.59 Å². The number of thioether (sulfide) groups is 1. The molecule has 1 heterocycles. The summed E-state index contributed by atoms with van der Waals surface area (Å²) >= 11 is 1.20. The standard InChI is InChI=1S/C20H18N4O2S/c25-18(22-16-11-5-2-6-12-16)14-17-19(26)23-20(27-17)24-21-13-7-10-15-8-3-1-4-9-15/h1-13,17H,14H2,(H,22,25)(H,23,24,26)/b10-7+,21-13-/t17-/m1/s1. The van der Waals surface area contributed by atoms with Gasteiger partial charge in [-0.2, -0.15) is 5.10 Å². The average Bonchev–Trinajstić information content (AvgIpc) is 3.02. The number of para-hydroxylation sites is 1. The number of anilines is 1. The van der Waals surface area contributed by atoms with E-state index in [1.807, 2.05) is 54.6 Å². The van der Waals surface area contributed by atoms with Crippen LogP contribution in [0.15, 0.2) is 76.9 Å². The highest BCUT2D eigenvalue weighted by Crippen LogP contribution is 2.23. The van der Waals surface area contributed by atoms with Gasteiger partial charge in [-0.15, -0.1) is 5.10 Å². The van der Waals surface area contributed by atoms with Crippen LogP contribution < -0.4 is 10.6 Å². The highest BCUT2D eigenvalue weighted by Gasteiger charge is 2.32. The third kappa shape index (κ3) is 5.93. The van der Waals surface area contributed by atoms with Gasteiger partial charge in [0.25, 0.3) is 0 Å². The van der Waals surface area contributed by atoms with Crippen LogP contribution in [0, 0.1) is 0 Å². The van der Waals surface area contributed by atoms with Crippen LogP contribution in [-0.2, 0) is 9.59 Å². The molecule has 1 saturated heterocycles. The van der Waals surface area contributed by atoms with Gasteiger partial charge in [-0.3, -0.25) is 9.59 Å². The Kier molecular flexibility index (Phi) is 6.54. The number of hydrogen-bond donors (Lipinski definition) is 2. The normalized spacial score (nSPS) is 18.3. The van der Waals surface area contributed by atoms with Crippen molar-refractivity contribution in [1.29, 1.82) is 0 Å². The number of allylic oxidation sites excluding steroid dienone is 1. The molecule has 0 radical (unpaired) electrons. The second-order valence-electron chi connectivity index (χ2n) is 5.65. The van der Waals surface area contributed by atoms with Gasteiger partial charge in [0.2, 0.25) is 11.8 Å². The van der Waals surface area contributed by atoms with Crippen molar-refractivity contribution in [2.45, 2.75) is 11.7 Å². The first-order chi connectivity index (χ1) is 13.2. The van der Waals surface area contributed by atoms with Crippen LogP contribution in [0.3, 0.4) is 0 Å². The summed E-state index contributed by atoms with van der Waals surface area (Å²) in [6.07, 6.45) is 5.29. The largest absolute Gasteiger partial charge is 0.326 e. The van der Waals surface area contributed by atoms with Gasteiger partial charge in [-0.1, -0.05) is 66.4 Å². The molecule has 0 saturated carbocycles. The number of hydrogen-bond acceptors (Lipinski definition) is 5. The quantitative estimate of drug-likeness (QED) is 0.598. The number of rotatable bonds is 6. The first-order valence-corrected chi connectivity index (χ1v) is 9.24. The molecule has 1 aliphatic rings. The Labute approximate surface area is 161 Å². The molecule has 3 rings (SSSR count). The van der Waals surface area contributed by atoms with Gasteiger partial charge < -0.3 is 10.6 Å². The van der Waals surface area contributed by atoms with Gasteiger partial charge in [-0.05, 0) is 23.8 Å². The number of amidine groups is 1. The summed E-state index contributed by atoms with van der Waals surface area (Å²) in [5.74, 6) is -0.457. The van der Waals surface area contributed by atoms with Crippen LogP contribution in [0.1, 0.15) is 12.0 Å². The van der Waals surface area contributed by atoms with Crippen molar-refractivity contribution in [1.82, 2.24) is 5.32 Å². The Morgan fingerprint density at radius 1 is 1.11 bits per heavy atom. The fraction of sp³-hybridized carbons (Fsp3) is 0.100. The topological polar surface area (TPSA) is 82.9 Å². The molecule has 0 unspecified atom stereocenters. The summed E-state index contributed by atoms with van der Waals surface area (Å²) in [5.41, 5.74) is 1.76. The third-order valence-corrected chi connectivity index (χ3v) is 4.67. The summed E-state index contributed by atoms with van der Waals surface area (Å²) in [5, 5.41) is 13.2. The van der Waals surface area contributed by atoms with Crippen LogP contribution in [-0.4, -0.2) is 28.4 Å². The summed E-state index contributed by atoms with van der Waals surface area (Å²) < 4.78 is 0. The number of carbonyl (C=O) groups excluding carboxylic acids is 2. The predicted octanol–water partition coefficient (Wildman–Crippen LogP) is 3.30. The van der Waals surface area contributed by atoms with E-state index in [2.05, 4.69) is 20.8 Å². The smallest absolute Gasteiger partial charge is 0.240 e. The zero-order chi connectivity index (χ0) is 18.9. The van der Waals surface area contributed by atoms with Gasteiger partial charge in [0.15, 0.2) is 5.17 Å². The van der Waals surface area contributed by atoms with E-state index < -0.39 is 5.25 Å². The summed E-state index contributed by atoms with van der Waals surface area (Å²) in [6.45, 7) is 0. The highest BCUT2D eigenvalue weighted by molar-refractivity contribution is 8.15. The Bertz CT molecular complexity index is 879. The molecule has 0 aromatic heterocycles. The van der Waals surface area contributed by atoms with E-state index in [1.165, 1.54) is 11.8 Å². The van der Waals surface area contributed by atoms with Crippen LogP contribution >= 0.6 is 11.8 Å². The maximum Gasteiger partial charge on any atom is 0.240 e. The third-order valence-electron chi connectivity index (χ3n) is 3.59. The molecule has 6 nitrogen and oxygen atoms in total. The van der Waals surface area contributed by atoms with Gasteiger partial charge in [0.1, 0.15) is 5.25 Å². The van der Waals surface area contributed by atoms with Gasteiger partial charge >= 0.3 is 0 Å². The number of carbonyl (C=O) groups is 2. The summed E-state index contributed by atoms with van der Waals surface area (Å²) in [7, 11) is 0. The van der Waals surface area contributed by atoms with E-state index in [0.717, 1.165) is 5.56 Å². The lowest BCUT2D eigenvalue weighted by molar-refractivity contribution is -0.122. The Balaban J connectivity index is 1.49. The fourth-order valence-electron chi connectivity index (χ4n) is 2.33. The number of amides is 2. The molecule has 2 aromatic rings. The Morgan fingerprint density at radius 3 is 2.56 bits per heavy atom. The lowest BCUT2D eigenvalue weighted by Crippen LogP contribution is -2.28. The van der Waals surface area contributed by atoms with Crippen LogP contribution in [0.5, 0.6) is 0 Å². The minimum Gasteiger partial charge on any atom is -0.326 e. The lowest BCUT2D eigenvalue weighted by atomic mass is 10.2. The molecule has 27 heavy (non-hydrogen) atoms. The van der Waals surface area contributed by atoms with Crippen molar-refractivity contribution < 1.29 is 9.59 Å². The predicted molar refractivity (Wildman–Crippen MR) is 111 cm³/mol. The maximum absolute atomic E-state index is 12.1. The van der Waals surface area contributed by atoms with Crippen molar-refractivity contribution in [2.75, 3.05) is 5.32 Å². The molecular formula is C20H18N4O2S. The maximum atomic E-state index is 12.1. The molecule has 0 bridgehead atoms. The molecular weight excluding hydrogens is 360 g/mol. The summed E-state index contributed by atoms with van der Waals surface area (Å²) in [6, 6.07) is 19.0. The van der Waals surface area contributed by atoms with Crippen molar-refractivity contribution >= 4 is 46.7 Å². The average molecular weight is 378 g/mol. The number of nitrogens with one attached hydrogen (secondary N) is 2. The Hall–Kier alpha value is -3.19. The molecule has 0 aliphatic carbocycles. The van der Waals surface area contributed by atoms with E-state index in [1.54, 1.807) is 24.4 Å². The second-order valence-corrected chi connectivity index (χ2v) is 6.85. The lowest BCUT2D eigenvalue weighted by Gasteiger charge is -2.06. The molecule has 0 spiro atoms. The van der Waals surface area contributed by atoms with E-state index >= 15 is 0 Å². The molecule has 2 amide bonds.